The van der Waals surface area contributed by atoms with Crippen molar-refractivity contribution in [2.45, 2.75) is 43.3 Å². The molecule has 4 rings (SSSR count). The lowest BCUT2D eigenvalue weighted by Gasteiger charge is -2.38. The molecule has 3 amide bonds. The van der Waals surface area contributed by atoms with Gasteiger partial charge in [-0.15, -0.1) is 0 Å². The van der Waals surface area contributed by atoms with Gasteiger partial charge < -0.3 is 15.5 Å². The van der Waals surface area contributed by atoms with E-state index < -0.39 is 39.9 Å². The molecule has 218 valence electrons. The average Bonchev–Trinajstić information content (AvgIpc) is 3.69. The molecule has 1 unspecified atom stereocenters. The molecule has 2 aliphatic rings. The van der Waals surface area contributed by atoms with E-state index in [0.29, 0.717) is 23.5 Å². The third kappa shape index (κ3) is 7.52. The molecule has 8 nitrogen and oxygen atoms in total. The Hall–Kier alpha value is -2.70. The highest BCUT2D eigenvalue weighted by atomic mass is 35.5. The Bertz CT molecular complexity index is 1350. The van der Waals surface area contributed by atoms with Crippen molar-refractivity contribution in [2.24, 2.45) is 11.8 Å². The highest BCUT2D eigenvalue weighted by Gasteiger charge is 2.36. The van der Waals surface area contributed by atoms with Gasteiger partial charge >= 0.3 is 12.2 Å². The summed E-state index contributed by atoms with van der Waals surface area (Å²) in [6, 6.07) is 7.28. The molecule has 0 spiro atoms. The summed E-state index contributed by atoms with van der Waals surface area (Å²) < 4.78 is 68.6. The molecule has 2 fully saturated rings. The Labute approximate surface area is 240 Å². The van der Waals surface area contributed by atoms with Gasteiger partial charge in [0.15, 0.2) is 0 Å². The first-order chi connectivity index (χ1) is 18.7. The predicted octanol–water partition coefficient (Wildman–Crippen LogP) is 5.15. The van der Waals surface area contributed by atoms with Crippen LogP contribution in [0.5, 0.6) is 0 Å². The molecule has 0 aromatic heterocycles. The van der Waals surface area contributed by atoms with Gasteiger partial charge in [-0.25, -0.2) is 13.2 Å². The molecule has 1 heterocycles. The number of likely N-dealkylation sites (tertiary alicyclic amines) is 1. The molecule has 14 heteroatoms. The van der Waals surface area contributed by atoms with Gasteiger partial charge in [0, 0.05) is 30.7 Å². The van der Waals surface area contributed by atoms with Crippen molar-refractivity contribution < 1.29 is 31.2 Å². The second kappa shape index (κ2) is 12.0. The molecule has 1 aliphatic heterocycles. The van der Waals surface area contributed by atoms with Crippen LogP contribution in [0.25, 0.3) is 0 Å². The molecule has 0 radical (unpaired) electrons. The van der Waals surface area contributed by atoms with Crippen LogP contribution in [0.4, 0.5) is 23.7 Å². The van der Waals surface area contributed by atoms with Crippen molar-refractivity contribution in [1.82, 2.24) is 15.5 Å². The Morgan fingerprint density at radius 1 is 1.07 bits per heavy atom. The summed E-state index contributed by atoms with van der Waals surface area (Å²) >= 11 is 12.1. The summed E-state index contributed by atoms with van der Waals surface area (Å²) in [6.07, 6.45) is -2.14. The fourth-order valence-electron chi connectivity index (χ4n) is 4.67. The second-order valence-electron chi connectivity index (χ2n) is 10.3. The number of amides is 3. The van der Waals surface area contributed by atoms with E-state index in [9.17, 15) is 31.2 Å². The molecule has 1 saturated carbocycles. The average molecular weight is 622 g/mol. The number of piperidine rings is 1. The number of halogens is 5. The third-order valence-electron chi connectivity index (χ3n) is 6.79. The van der Waals surface area contributed by atoms with E-state index in [-0.39, 0.29) is 45.4 Å². The molecule has 2 atom stereocenters. The predicted molar refractivity (Wildman–Crippen MR) is 146 cm³/mol. The molecule has 40 heavy (non-hydrogen) atoms. The second-order valence-corrected chi connectivity index (χ2v) is 13.0. The van der Waals surface area contributed by atoms with Crippen molar-refractivity contribution in [1.29, 1.82) is 0 Å². The fraction of sp³-hybridized carbons (Fsp3) is 0.462. The van der Waals surface area contributed by atoms with Crippen LogP contribution in [0.2, 0.25) is 10.0 Å². The van der Waals surface area contributed by atoms with E-state index in [4.69, 9.17) is 23.2 Å². The molecule has 1 saturated heterocycles. The minimum atomic E-state index is -4.77. The van der Waals surface area contributed by atoms with Crippen molar-refractivity contribution in [3.63, 3.8) is 0 Å². The molecular weight excluding hydrogens is 592 g/mol. The zero-order valence-corrected chi connectivity index (χ0v) is 23.9. The number of nitrogens with zero attached hydrogens (tertiary/aromatic N) is 2. The maximum Gasteiger partial charge on any atom is 0.416 e. The van der Waals surface area contributed by atoms with Crippen molar-refractivity contribution in [2.75, 3.05) is 30.5 Å². The van der Waals surface area contributed by atoms with Gasteiger partial charge in [0.1, 0.15) is 6.54 Å². The maximum absolute atomic E-state index is 13.7. The monoisotopic (exact) mass is 620 g/mol. The normalized spacial score (nSPS) is 19.7. The lowest BCUT2D eigenvalue weighted by atomic mass is 9.90. The smallest absolute Gasteiger partial charge is 0.341 e. The zero-order chi connectivity index (χ0) is 29.2. The number of hydrogen-bond donors (Lipinski definition) is 2. The third-order valence-corrected chi connectivity index (χ3v) is 9.13. The van der Waals surface area contributed by atoms with E-state index >= 15 is 0 Å². The van der Waals surface area contributed by atoms with Crippen molar-refractivity contribution >= 4 is 50.9 Å². The van der Waals surface area contributed by atoms with Gasteiger partial charge in [-0.05, 0) is 73.6 Å². The van der Waals surface area contributed by atoms with Crippen LogP contribution in [-0.4, -0.2) is 57.5 Å². The molecule has 0 bridgehead atoms. The summed E-state index contributed by atoms with van der Waals surface area (Å²) in [5.41, 5.74) is -1.59. The summed E-state index contributed by atoms with van der Waals surface area (Å²) in [4.78, 5) is 26.8. The van der Waals surface area contributed by atoms with Crippen molar-refractivity contribution in [3.05, 3.63) is 58.1 Å². The number of nitrogens with one attached hydrogen (secondary N) is 2. The summed E-state index contributed by atoms with van der Waals surface area (Å²) in [7, 11) is -4.53. The summed E-state index contributed by atoms with van der Waals surface area (Å²) in [6.45, 7) is 2.05. The number of carbonyl (C=O) groups is 2. The number of hydrogen-bond acceptors (Lipinski definition) is 4. The number of rotatable bonds is 8. The highest BCUT2D eigenvalue weighted by Crippen LogP contribution is 2.37. The zero-order valence-electron chi connectivity index (χ0n) is 21.5. The molecule has 1 aliphatic carbocycles. The standard InChI is InChI=1S/C26H29Cl2F3N4O4S/c1-16-10-17(12-32-25(37)33-20-5-6-20)14-34(13-16)24(36)15-35(40(38,39)21-7-3-19(27)4-8-21)23-11-18(26(29,30)31)2-9-22(23)28/h2-4,7-9,11,16-17,20H,5-6,10,12-15H2,1H3,(H2,32,33,37)/t16?,17-/m0/s1. The lowest BCUT2D eigenvalue weighted by Crippen LogP contribution is -2.51. The molecular formula is C26H29Cl2F3N4O4S. The molecule has 2 aromatic carbocycles. The van der Waals surface area contributed by atoms with Gasteiger partial charge in [-0.3, -0.25) is 9.10 Å². The van der Waals surface area contributed by atoms with Gasteiger partial charge in [0.05, 0.1) is 21.2 Å². The van der Waals surface area contributed by atoms with E-state index in [1.165, 1.54) is 29.2 Å². The first-order valence-corrected chi connectivity index (χ1v) is 14.9. The van der Waals surface area contributed by atoms with E-state index in [2.05, 4.69) is 10.6 Å². The van der Waals surface area contributed by atoms with E-state index in [0.717, 1.165) is 31.4 Å². The number of benzene rings is 2. The largest absolute Gasteiger partial charge is 0.416 e. The van der Waals surface area contributed by atoms with E-state index in [1.807, 2.05) is 6.92 Å². The quantitative estimate of drug-likeness (QED) is 0.426. The Kier molecular flexibility index (Phi) is 9.11. The fourth-order valence-corrected chi connectivity index (χ4v) is 6.49. The number of alkyl halides is 3. The van der Waals surface area contributed by atoms with Gasteiger partial charge in [0.25, 0.3) is 10.0 Å². The van der Waals surface area contributed by atoms with Crippen LogP contribution in [0, 0.1) is 11.8 Å². The van der Waals surface area contributed by atoms with E-state index in [1.54, 1.807) is 0 Å². The first kappa shape index (κ1) is 30.3. The van der Waals surface area contributed by atoms with Crippen LogP contribution in [0.15, 0.2) is 47.4 Å². The lowest BCUT2D eigenvalue weighted by molar-refractivity contribution is -0.137. The SMILES string of the molecule is CC1C[C@@H](CNC(=O)NC2CC2)CN(C(=O)CN(c2cc(C(F)(F)F)ccc2Cl)S(=O)(=O)c2ccc(Cl)cc2)C1. The number of sulfonamides is 1. The van der Waals surface area contributed by atoms with Gasteiger partial charge in [-0.1, -0.05) is 30.1 Å². The minimum Gasteiger partial charge on any atom is -0.341 e. The van der Waals surface area contributed by atoms with Crippen LogP contribution in [0.3, 0.4) is 0 Å². The van der Waals surface area contributed by atoms with Crippen LogP contribution >= 0.6 is 23.2 Å². The maximum atomic E-state index is 13.7. The van der Waals surface area contributed by atoms with Gasteiger partial charge in [-0.2, -0.15) is 13.2 Å². The first-order valence-electron chi connectivity index (χ1n) is 12.7. The number of anilines is 1. The molecule has 2 aromatic rings. The Morgan fingerprint density at radius 2 is 1.75 bits per heavy atom. The summed E-state index contributed by atoms with van der Waals surface area (Å²) in [5.74, 6) is -0.643. The van der Waals surface area contributed by atoms with Crippen LogP contribution < -0.4 is 14.9 Å². The van der Waals surface area contributed by atoms with Crippen molar-refractivity contribution in [3.8, 4) is 0 Å². The molecule has 2 N–H and O–H groups in total. The van der Waals surface area contributed by atoms with Crippen LogP contribution in [0.1, 0.15) is 31.7 Å². The topological polar surface area (TPSA) is 98.8 Å². The van der Waals surface area contributed by atoms with Crippen LogP contribution in [-0.2, 0) is 21.0 Å². The number of urea groups is 1. The summed E-state index contributed by atoms with van der Waals surface area (Å²) in [5, 5.41) is 5.64. The van der Waals surface area contributed by atoms with Gasteiger partial charge in [0.2, 0.25) is 5.91 Å². The number of carbonyl (C=O) groups excluding carboxylic acids is 2. The minimum absolute atomic E-state index is 0.0504. The Balaban J connectivity index is 1.59. The Morgan fingerprint density at radius 3 is 2.38 bits per heavy atom. The highest BCUT2D eigenvalue weighted by molar-refractivity contribution is 7.92.